The number of ether oxygens (including phenoxy) is 1. The average Bonchev–Trinajstić information content (AvgIpc) is 2.86. The van der Waals surface area contributed by atoms with E-state index in [0.29, 0.717) is 29.4 Å². The Morgan fingerprint density at radius 3 is 2.71 bits per heavy atom. The molecule has 0 N–H and O–H groups in total. The molecule has 2 aliphatic carbocycles. The van der Waals surface area contributed by atoms with E-state index in [1.807, 2.05) is 13.0 Å². The Bertz CT molecular complexity index is 711. The highest BCUT2D eigenvalue weighted by molar-refractivity contribution is 6.52. The summed E-state index contributed by atoms with van der Waals surface area (Å²) >= 11 is 0. The standard InChI is InChI=1S/C18H18O3/c1-9-4-3-5-12-11(9)6-7-13-15(12)17(20)16(19)14-10(2)8-21-18(13)14/h6-7,9-10H,3-5,8H2,1-2H3/t9?,10-/m0/s1. The average molecular weight is 282 g/mol. The van der Waals surface area contributed by atoms with E-state index in [-0.39, 0.29) is 17.5 Å². The van der Waals surface area contributed by atoms with E-state index in [4.69, 9.17) is 4.74 Å². The van der Waals surface area contributed by atoms with Crippen LogP contribution >= 0.6 is 0 Å². The third-order valence-corrected chi connectivity index (χ3v) is 5.08. The van der Waals surface area contributed by atoms with Crippen molar-refractivity contribution in [3.05, 3.63) is 40.0 Å². The fourth-order valence-electron chi connectivity index (χ4n) is 3.96. The number of benzene rings is 1. The van der Waals surface area contributed by atoms with Gasteiger partial charge in [0.2, 0.25) is 11.6 Å². The molecule has 108 valence electrons. The lowest BCUT2D eigenvalue weighted by atomic mass is 9.75. The van der Waals surface area contributed by atoms with Gasteiger partial charge in [-0.2, -0.15) is 0 Å². The Morgan fingerprint density at radius 1 is 1.10 bits per heavy atom. The van der Waals surface area contributed by atoms with E-state index in [1.165, 1.54) is 5.56 Å². The second kappa shape index (κ2) is 4.30. The van der Waals surface area contributed by atoms with Crippen LogP contribution in [0.4, 0.5) is 0 Å². The molecule has 0 bridgehead atoms. The Balaban J connectivity index is 2.01. The second-order valence-corrected chi connectivity index (χ2v) is 6.46. The van der Waals surface area contributed by atoms with Gasteiger partial charge in [0.15, 0.2) is 0 Å². The summed E-state index contributed by atoms with van der Waals surface area (Å²) < 4.78 is 5.74. The predicted molar refractivity (Wildman–Crippen MR) is 79.2 cm³/mol. The number of hydrogen-bond acceptors (Lipinski definition) is 3. The summed E-state index contributed by atoms with van der Waals surface area (Å²) in [6, 6.07) is 4.10. The molecule has 3 nitrogen and oxygen atoms in total. The van der Waals surface area contributed by atoms with Gasteiger partial charge in [-0.05, 0) is 36.3 Å². The zero-order valence-corrected chi connectivity index (χ0v) is 12.4. The fraction of sp³-hybridized carbons (Fsp3) is 0.444. The lowest BCUT2D eigenvalue weighted by Gasteiger charge is -2.27. The Morgan fingerprint density at radius 2 is 1.90 bits per heavy atom. The molecule has 1 aliphatic heterocycles. The van der Waals surface area contributed by atoms with Gasteiger partial charge in [0.1, 0.15) is 5.76 Å². The molecule has 21 heavy (non-hydrogen) atoms. The van der Waals surface area contributed by atoms with Crippen molar-refractivity contribution in [3.63, 3.8) is 0 Å². The maximum atomic E-state index is 12.6. The molecule has 1 aromatic carbocycles. The number of rotatable bonds is 0. The summed E-state index contributed by atoms with van der Waals surface area (Å²) in [5.74, 6) is 0.449. The van der Waals surface area contributed by atoms with Crippen molar-refractivity contribution >= 4 is 17.3 Å². The normalized spacial score (nSPS) is 27.1. The van der Waals surface area contributed by atoms with Gasteiger partial charge in [-0.1, -0.05) is 26.0 Å². The van der Waals surface area contributed by atoms with Crippen LogP contribution in [-0.4, -0.2) is 18.2 Å². The molecular weight excluding hydrogens is 264 g/mol. The molecule has 1 unspecified atom stereocenters. The summed E-state index contributed by atoms with van der Waals surface area (Å²) in [4.78, 5) is 25.1. The fourth-order valence-corrected chi connectivity index (χ4v) is 3.96. The van der Waals surface area contributed by atoms with E-state index < -0.39 is 0 Å². The van der Waals surface area contributed by atoms with Crippen LogP contribution in [0.3, 0.4) is 0 Å². The summed E-state index contributed by atoms with van der Waals surface area (Å²) in [5.41, 5.74) is 4.36. The van der Waals surface area contributed by atoms with Gasteiger partial charge in [-0.3, -0.25) is 9.59 Å². The first-order valence-electron chi connectivity index (χ1n) is 7.71. The van der Waals surface area contributed by atoms with Crippen molar-refractivity contribution in [2.75, 3.05) is 6.61 Å². The van der Waals surface area contributed by atoms with Gasteiger partial charge in [-0.25, -0.2) is 0 Å². The topological polar surface area (TPSA) is 43.4 Å². The van der Waals surface area contributed by atoms with Crippen molar-refractivity contribution in [3.8, 4) is 0 Å². The molecule has 3 heteroatoms. The molecule has 2 atom stereocenters. The molecule has 0 saturated carbocycles. The summed E-state index contributed by atoms with van der Waals surface area (Å²) in [5, 5.41) is 0. The molecule has 1 aromatic rings. The number of carbonyl (C=O) groups is 2. The highest BCUT2D eigenvalue weighted by Crippen LogP contribution is 2.43. The van der Waals surface area contributed by atoms with Crippen molar-refractivity contribution < 1.29 is 14.3 Å². The lowest BCUT2D eigenvalue weighted by molar-refractivity contribution is -0.112. The van der Waals surface area contributed by atoms with Gasteiger partial charge >= 0.3 is 0 Å². The summed E-state index contributed by atoms with van der Waals surface area (Å²) in [7, 11) is 0. The zero-order chi connectivity index (χ0) is 14.7. The lowest BCUT2D eigenvalue weighted by Crippen LogP contribution is -2.27. The summed E-state index contributed by atoms with van der Waals surface area (Å²) in [6.45, 7) is 4.63. The van der Waals surface area contributed by atoms with Crippen LogP contribution in [0.25, 0.3) is 5.76 Å². The van der Waals surface area contributed by atoms with E-state index in [2.05, 4.69) is 13.0 Å². The number of Topliss-reactive ketones (excluding diaryl/α,β-unsaturated/α-hetero) is 2. The molecule has 0 fully saturated rings. The number of fused-ring (bicyclic) bond motifs is 4. The number of carbonyl (C=O) groups excluding carboxylic acids is 2. The van der Waals surface area contributed by atoms with Crippen LogP contribution in [0.2, 0.25) is 0 Å². The maximum Gasteiger partial charge on any atom is 0.234 e. The SMILES string of the molecule is CC1CCCc2c1ccc1c2C(=O)C(=O)C2=C1OC[C@@H]2C. The molecule has 0 radical (unpaired) electrons. The quantitative estimate of drug-likeness (QED) is 0.686. The molecule has 1 heterocycles. The van der Waals surface area contributed by atoms with Crippen LogP contribution in [0.1, 0.15) is 59.7 Å². The van der Waals surface area contributed by atoms with Gasteiger partial charge in [0.05, 0.1) is 12.2 Å². The first kappa shape index (κ1) is 12.8. The van der Waals surface area contributed by atoms with Crippen molar-refractivity contribution in [2.45, 2.75) is 39.0 Å². The van der Waals surface area contributed by atoms with Gasteiger partial charge in [0.25, 0.3) is 0 Å². The second-order valence-electron chi connectivity index (χ2n) is 6.46. The minimum Gasteiger partial charge on any atom is -0.492 e. The Kier molecular flexibility index (Phi) is 2.62. The van der Waals surface area contributed by atoms with Crippen molar-refractivity contribution in [2.24, 2.45) is 5.92 Å². The predicted octanol–water partition coefficient (Wildman–Crippen LogP) is 3.27. The first-order chi connectivity index (χ1) is 10.1. The molecule has 3 aliphatic rings. The maximum absolute atomic E-state index is 12.6. The molecule has 0 saturated heterocycles. The molecule has 0 amide bonds. The van der Waals surface area contributed by atoms with E-state index >= 15 is 0 Å². The van der Waals surface area contributed by atoms with E-state index in [0.717, 1.165) is 30.4 Å². The number of ketones is 2. The van der Waals surface area contributed by atoms with Gasteiger partial charge in [0, 0.05) is 17.0 Å². The van der Waals surface area contributed by atoms with Crippen LogP contribution in [0, 0.1) is 5.92 Å². The third-order valence-electron chi connectivity index (χ3n) is 5.08. The number of hydrogen-bond donors (Lipinski definition) is 0. The highest BCUT2D eigenvalue weighted by Gasteiger charge is 2.42. The van der Waals surface area contributed by atoms with Crippen LogP contribution in [-0.2, 0) is 16.0 Å². The molecule has 0 spiro atoms. The smallest absolute Gasteiger partial charge is 0.234 e. The van der Waals surface area contributed by atoms with Crippen molar-refractivity contribution in [1.82, 2.24) is 0 Å². The first-order valence-corrected chi connectivity index (χ1v) is 7.71. The largest absolute Gasteiger partial charge is 0.492 e. The Hall–Kier alpha value is -1.90. The monoisotopic (exact) mass is 282 g/mol. The van der Waals surface area contributed by atoms with Crippen molar-refractivity contribution in [1.29, 1.82) is 0 Å². The van der Waals surface area contributed by atoms with Crippen LogP contribution < -0.4 is 0 Å². The van der Waals surface area contributed by atoms with Gasteiger partial charge in [-0.15, -0.1) is 0 Å². The van der Waals surface area contributed by atoms with Gasteiger partial charge < -0.3 is 4.74 Å². The zero-order valence-electron chi connectivity index (χ0n) is 12.4. The molecule has 4 rings (SSSR count). The Labute approximate surface area is 124 Å². The van der Waals surface area contributed by atoms with E-state index in [9.17, 15) is 9.59 Å². The minimum absolute atomic E-state index is 0.0135. The third kappa shape index (κ3) is 1.60. The van der Waals surface area contributed by atoms with E-state index in [1.54, 1.807) is 0 Å². The minimum atomic E-state index is -0.353. The summed E-state index contributed by atoms with van der Waals surface area (Å²) in [6.07, 6.45) is 3.12. The van der Waals surface area contributed by atoms with Crippen LogP contribution in [0.15, 0.2) is 17.7 Å². The highest BCUT2D eigenvalue weighted by atomic mass is 16.5. The molecule has 0 aromatic heterocycles. The molecular formula is C18H18O3. The van der Waals surface area contributed by atoms with Crippen LogP contribution in [0.5, 0.6) is 0 Å².